The first-order valence-electron chi connectivity index (χ1n) is 13.0. The predicted molar refractivity (Wildman–Crippen MR) is 156 cm³/mol. The third-order valence-electron chi connectivity index (χ3n) is 7.54. The maximum atomic E-state index is 12.9. The van der Waals surface area contributed by atoms with Crippen LogP contribution in [-0.4, -0.2) is 17.2 Å². The van der Waals surface area contributed by atoms with Crippen LogP contribution in [-0.2, 0) is 14.9 Å². The molecule has 1 heterocycles. The zero-order valence-corrected chi connectivity index (χ0v) is 22.4. The Hall–Kier alpha value is -4.55. The van der Waals surface area contributed by atoms with Gasteiger partial charge in [-0.15, -0.1) is 0 Å². The lowest BCUT2D eigenvalue weighted by Crippen LogP contribution is -2.19. The third kappa shape index (κ3) is 4.71. The summed E-state index contributed by atoms with van der Waals surface area (Å²) in [5, 5.41) is 13.7. The van der Waals surface area contributed by atoms with E-state index in [4.69, 9.17) is 20.8 Å². The predicted octanol–water partition coefficient (Wildman–Crippen LogP) is 8.85. The van der Waals surface area contributed by atoms with E-state index in [1.54, 1.807) is 13.0 Å². The van der Waals surface area contributed by atoms with Crippen LogP contribution in [0.4, 0.5) is 10.7 Å². The Balaban J connectivity index is 1.26. The summed E-state index contributed by atoms with van der Waals surface area (Å²) in [6.45, 7) is 1.76. The number of carbonyl (C=O) groups is 2. The molecule has 1 fully saturated rings. The first-order valence-corrected chi connectivity index (χ1v) is 13.4. The Morgan fingerprint density at radius 3 is 2.12 bits per heavy atom. The van der Waals surface area contributed by atoms with Gasteiger partial charge in [0.1, 0.15) is 11.7 Å². The summed E-state index contributed by atoms with van der Waals surface area (Å²) in [5.41, 5.74) is 5.06. The van der Waals surface area contributed by atoms with Crippen molar-refractivity contribution in [2.24, 2.45) is 0 Å². The highest BCUT2D eigenvalue weighted by Gasteiger charge is 2.51. The van der Waals surface area contributed by atoms with Crippen LogP contribution in [0.3, 0.4) is 0 Å². The standard InChI is InChI=1S/C33H26ClNO5/c1-20(25-6-2-4-8-27(25)34)39-32(38)35-30-29(26-7-3-5-9-28(26)40-30)23-12-10-21(11-13-23)22-14-16-24(17-15-22)33(18-19-33)31(36)37/h2-17,20H,18-19H2,1H3,(H,35,38)(H,36,37). The SMILES string of the molecule is CC(OC(=O)Nc1oc2ccccc2c1-c1ccc(-c2ccc(C3(C(=O)O)CC3)cc2)cc1)c1ccccc1Cl. The number of hydrogen-bond donors (Lipinski definition) is 2. The molecule has 5 aromatic rings. The molecule has 0 spiro atoms. The number of benzene rings is 4. The van der Waals surface area contributed by atoms with Gasteiger partial charge in [0.15, 0.2) is 0 Å². The van der Waals surface area contributed by atoms with Gasteiger partial charge in [0, 0.05) is 16.0 Å². The minimum absolute atomic E-state index is 0.290. The van der Waals surface area contributed by atoms with E-state index in [1.165, 1.54) is 0 Å². The summed E-state index contributed by atoms with van der Waals surface area (Å²) >= 11 is 6.27. The van der Waals surface area contributed by atoms with E-state index in [9.17, 15) is 14.7 Å². The molecule has 1 saturated carbocycles. The fourth-order valence-corrected chi connectivity index (χ4v) is 5.42. The van der Waals surface area contributed by atoms with Gasteiger partial charge in [0.05, 0.1) is 11.0 Å². The molecule has 1 aliphatic carbocycles. The summed E-state index contributed by atoms with van der Waals surface area (Å²) in [6.07, 6.45) is 0.145. The van der Waals surface area contributed by atoms with Crippen LogP contribution in [0, 0.1) is 0 Å². The average Bonchev–Trinajstić information content (AvgIpc) is 3.70. The van der Waals surface area contributed by atoms with Gasteiger partial charge in [-0.05, 0) is 54.2 Å². The summed E-state index contributed by atoms with van der Waals surface area (Å²) < 4.78 is 11.6. The molecule has 40 heavy (non-hydrogen) atoms. The molecule has 0 bridgehead atoms. The number of amides is 1. The molecule has 1 atom stereocenters. The number of rotatable bonds is 7. The molecule has 200 valence electrons. The Labute approximate surface area is 236 Å². The van der Waals surface area contributed by atoms with E-state index in [1.807, 2.05) is 91.0 Å². The summed E-state index contributed by atoms with van der Waals surface area (Å²) in [7, 11) is 0. The Bertz CT molecular complexity index is 1720. The molecular weight excluding hydrogens is 526 g/mol. The topological polar surface area (TPSA) is 88.8 Å². The molecule has 1 amide bonds. The molecule has 4 aromatic carbocycles. The number of furan rings is 1. The molecule has 6 rings (SSSR count). The second-order valence-electron chi connectivity index (χ2n) is 10.0. The van der Waals surface area contributed by atoms with Crippen molar-refractivity contribution in [3.8, 4) is 22.3 Å². The number of nitrogens with one attached hydrogen (secondary N) is 1. The van der Waals surface area contributed by atoms with E-state index < -0.39 is 23.6 Å². The van der Waals surface area contributed by atoms with Crippen molar-refractivity contribution in [2.45, 2.75) is 31.3 Å². The fourth-order valence-electron chi connectivity index (χ4n) is 5.13. The second kappa shape index (κ2) is 10.2. The number of para-hydroxylation sites is 1. The highest BCUT2D eigenvalue weighted by Crippen LogP contribution is 2.48. The largest absolute Gasteiger partial charge is 0.481 e. The molecule has 7 heteroatoms. The average molecular weight is 552 g/mol. The van der Waals surface area contributed by atoms with Crippen LogP contribution in [0.15, 0.2) is 101 Å². The molecular formula is C33H26ClNO5. The van der Waals surface area contributed by atoms with Gasteiger partial charge in [-0.25, -0.2) is 4.79 Å². The lowest BCUT2D eigenvalue weighted by Gasteiger charge is -2.15. The van der Waals surface area contributed by atoms with Crippen molar-refractivity contribution in [2.75, 3.05) is 5.32 Å². The van der Waals surface area contributed by atoms with Crippen molar-refractivity contribution in [3.63, 3.8) is 0 Å². The van der Waals surface area contributed by atoms with Gasteiger partial charge in [-0.1, -0.05) is 96.5 Å². The molecule has 6 nitrogen and oxygen atoms in total. The van der Waals surface area contributed by atoms with Crippen molar-refractivity contribution in [3.05, 3.63) is 113 Å². The van der Waals surface area contributed by atoms with Crippen LogP contribution >= 0.6 is 11.6 Å². The number of carboxylic acid groups (broad SMARTS) is 1. The lowest BCUT2D eigenvalue weighted by atomic mass is 9.93. The van der Waals surface area contributed by atoms with Crippen LogP contribution in [0.1, 0.15) is 37.0 Å². The molecule has 1 aromatic heterocycles. The van der Waals surface area contributed by atoms with Crippen LogP contribution < -0.4 is 5.32 Å². The maximum absolute atomic E-state index is 12.9. The first kappa shape index (κ1) is 25.7. The third-order valence-corrected chi connectivity index (χ3v) is 7.89. The Morgan fingerprint density at radius 1 is 0.875 bits per heavy atom. The van der Waals surface area contributed by atoms with Crippen molar-refractivity contribution in [1.29, 1.82) is 0 Å². The second-order valence-corrected chi connectivity index (χ2v) is 10.4. The Morgan fingerprint density at radius 2 is 1.48 bits per heavy atom. The van der Waals surface area contributed by atoms with E-state index in [-0.39, 0.29) is 5.88 Å². The van der Waals surface area contributed by atoms with Gasteiger partial charge in [0.2, 0.25) is 5.88 Å². The number of ether oxygens (including phenoxy) is 1. The zero-order chi connectivity index (χ0) is 27.9. The van der Waals surface area contributed by atoms with E-state index in [0.717, 1.165) is 33.2 Å². The van der Waals surface area contributed by atoms with Gasteiger partial charge in [-0.3, -0.25) is 10.1 Å². The number of aliphatic carboxylic acids is 1. The van der Waals surface area contributed by atoms with Crippen LogP contribution in [0.5, 0.6) is 0 Å². The summed E-state index contributed by atoms with van der Waals surface area (Å²) in [6, 6.07) is 30.5. The smallest absolute Gasteiger partial charge is 0.414 e. The zero-order valence-electron chi connectivity index (χ0n) is 21.7. The quantitative estimate of drug-likeness (QED) is 0.211. The highest BCUT2D eigenvalue weighted by molar-refractivity contribution is 6.31. The number of carboxylic acids is 1. The van der Waals surface area contributed by atoms with E-state index >= 15 is 0 Å². The van der Waals surface area contributed by atoms with Gasteiger partial charge < -0.3 is 14.3 Å². The van der Waals surface area contributed by atoms with Gasteiger partial charge >= 0.3 is 12.1 Å². The molecule has 0 radical (unpaired) electrons. The van der Waals surface area contributed by atoms with Crippen LogP contribution in [0.25, 0.3) is 33.2 Å². The first-order chi connectivity index (χ1) is 19.4. The maximum Gasteiger partial charge on any atom is 0.414 e. The molecule has 0 saturated heterocycles. The lowest BCUT2D eigenvalue weighted by molar-refractivity contribution is -0.140. The number of fused-ring (bicyclic) bond motifs is 1. The minimum atomic E-state index is -0.761. The molecule has 1 aliphatic rings. The molecule has 1 unspecified atom stereocenters. The van der Waals surface area contributed by atoms with Crippen LogP contribution in [0.2, 0.25) is 5.02 Å². The summed E-state index contributed by atoms with van der Waals surface area (Å²) in [5.74, 6) is -0.471. The van der Waals surface area contributed by atoms with Crippen molar-refractivity contribution < 1.29 is 23.8 Å². The summed E-state index contributed by atoms with van der Waals surface area (Å²) in [4.78, 5) is 24.5. The molecule has 2 N–H and O–H groups in total. The van der Waals surface area contributed by atoms with Crippen molar-refractivity contribution >= 4 is 40.5 Å². The van der Waals surface area contributed by atoms with E-state index in [0.29, 0.717) is 29.0 Å². The van der Waals surface area contributed by atoms with Gasteiger partial charge in [-0.2, -0.15) is 0 Å². The van der Waals surface area contributed by atoms with Gasteiger partial charge in [0.25, 0.3) is 0 Å². The van der Waals surface area contributed by atoms with Crippen molar-refractivity contribution in [1.82, 2.24) is 0 Å². The number of anilines is 1. The molecule has 0 aliphatic heterocycles. The minimum Gasteiger partial charge on any atom is -0.481 e. The number of halogens is 1. The number of hydrogen-bond acceptors (Lipinski definition) is 4. The fraction of sp³-hybridized carbons (Fsp3) is 0.152. The normalized spacial score (nSPS) is 14.4. The highest BCUT2D eigenvalue weighted by atomic mass is 35.5. The number of carbonyl (C=O) groups excluding carboxylic acids is 1. The van der Waals surface area contributed by atoms with E-state index in [2.05, 4.69) is 5.32 Å². The monoisotopic (exact) mass is 551 g/mol. The Kier molecular flexibility index (Phi) is 6.56.